The molecule has 0 aliphatic carbocycles. The summed E-state index contributed by atoms with van der Waals surface area (Å²) in [5.74, 6) is 0.0205. The first-order valence-corrected chi connectivity index (χ1v) is 8.81. The van der Waals surface area contributed by atoms with Crippen LogP contribution in [0.5, 0.6) is 0 Å². The number of aromatic nitrogens is 2. The smallest absolute Gasteiger partial charge is 0.272 e. The van der Waals surface area contributed by atoms with Gasteiger partial charge in [-0.05, 0) is 37.1 Å². The number of carbonyl (C=O) groups is 1. The Kier molecular flexibility index (Phi) is 4.28. The Morgan fingerprint density at radius 3 is 2.36 bits per heavy atom. The molecule has 2 heterocycles. The van der Waals surface area contributed by atoms with E-state index in [1.54, 1.807) is 4.68 Å². The number of nitrogens with zero attached hydrogens (tertiary/aromatic N) is 3. The summed E-state index contributed by atoms with van der Waals surface area (Å²) in [6.45, 7) is 1.61. The summed E-state index contributed by atoms with van der Waals surface area (Å²) in [5, 5.41) is 5.31. The highest BCUT2D eigenvalue weighted by Gasteiger charge is 2.25. The third kappa shape index (κ3) is 3.05. The summed E-state index contributed by atoms with van der Waals surface area (Å²) in [7, 11) is 0. The van der Waals surface area contributed by atoms with E-state index in [0.717, 1.165) is 37.2 Å². The van der Waals surface area contributed by atoms with E-state index in [0.29, 0.717) is 16.4 Å². The van der Waals surface area contributed by atoms with Gasteiger partial charge in [0.05, 0.1) is 16.4 Å². The highest BCUT2D eigenvalue weighted by atomic mass is 35.5. The SMILES string of the molecule is O=C(c1cc(-c2ccccc2Cl)nn1-c1ccccc1)N1CCCC1. The Labute approximate surface area is 151 Å². The third-order valence-corrected chi connectivity index (χ3v) is 4.80. The Morgan fingerprint density at radius 2 is 1.64 bits per heavy atom. The lowest BCUT2D eigenvalue weighted by atomic mass is 10.1. The van der Waals surface area contributed by atoms with Crippen LogP contribution in [0.4, 0.5) is 0 Å². The molecular weight excluding hydrogens is 334 g/mol. The fourth-order valence-corrected chi connectivity index (χ4v) is 3.41. The van der Waals surface area contributed by atoms with Gasteiger partial charge in [-0.15, -0.1) is 0 Å². The Morgan fingerprint density at radius 1 is 0.960 bits per heavy atom. The highest BCUT2D eigenvalue weighted by molar-refractivity contribution is 6.33. The summed E-state index contributed by atoms with van der Waals surface area (Å²) in [6.07, 6.45) is 2.12. The second-order valence-electron chi connectivity index (χ2n) is 6.14. The van der Waals surface area contributed by atoms with Gasteiger partial charge < -0.3 is 4.90 Å². The Hall–Kier alpha value is -2.59. The number of hydrogen-bond donors (Lipinski definition) is 0. The van der Waals surface area contributed by atoms with Crippen LogP contribution in [0, 0.1) is 0 Å². The summed E-state index contributed by atoms with van der Waals surface area (Å²) in [4.78, 5) is 14.9. The number of amides is 1. The van der Waals surface area contributed by atoms with Crippen molar-refractivity contribution in [1.82, 2.24) is 14.7 Å². The normalized spacial score (nSPS) is 14.0. The molecule has 1 saturated heterocycles. The van der Waals surface area contributed by atoms with Gasteiger partial charge in [0.25, 0.3) is 5.91 Å². The van der Waals surface area contributed by atoms with E-state index in [1.165, 1.54) is 0 Å². The third-order valence-electron chi connectivity index (χ3n) is 4.47. The fraction of sp³-hybridized carbons (Fsp3) is 0.200. The first-order chi connectivity index (χ1) is 12.2. The molecule has 1 aliphatic rings. The number of hydrogen-bond acceptors (Lipinski definition) is 2. The number of halogens is 1. The topological polar surface area (TPSA) is 38.1 Å². The Bertz CT molecular complexity index is 898. The molecule has 126 valence electrons. The number of likely N-dealkylation sites (tertiary alicyclic amines) is 1. The quantitative estimate of drug-likeness (QED) is 0.700. The average molecular weight is 352 g/mol. The van der Waals surface area contributed by atoms with Crippen LogP contribution in [0.25, 0.3) is 16.9 Å². The molecule has 0 bridgehead atoms. The van der Waals surface area contributed by atoms with Crippen LogP contribution in [-0.4, -0.2) is 33.7 Å². The van der Waals surface area contributed by atoms with Crippen molar-refractivity contribution in [3.8, 4) is 16.9 Å². The van der Waals surface area contributed by atoms with Crippen molar-refractivity contribution in [3.05, 3.63) is 71.4 Å². The molecule has 3 aromatic rings. The van der Waals surface area contributed by atoms with Crippen LogP contribution in [0.3, 0.4) is 0 Å². The lowest BCUT2D eigenvalue weighted by molar-refractivity contribution is 0.0784. The van der Waals surface area contributed by atoms with Gasteiger partial charge >= 0.3 is 0 Å². The fourth-order valence-electron chi connectivity index (χ4n) is 3.18. The summed E-state index contributed by atoms with van der Waals surface area (Å²) < 4.78 is 1.72. The van der Waals surface area contributed by atoms with Crippen LogP contribution in [0.15, 0.2) is 60.7 Å². The van der Waals surface area contributed by atoms with E-state index >= 15 is 0 Å². The van der Waals surface area contributed by atoms with Crippen molar-refractivity contribution < 1.29 is 4.79 Å². The van der Waals surface area contributed by atoms with Crippen molar-refractivity contribution in [1.29, 1.82) is 0 Å². The van der Waals surface area contributed by atoms with Crippen LogP contribution < -0.4 is 0 Å². The van der Waals surface area contributed by atoms with Crippen LogP contribution >= 0.6 is 11.6 Å². The molecule has 0 atom stereocenters. The molecule has 25 heavy (non-hydrogen) atoms. The van der Waals surface area contributed by atoms with Gasteiger partial charge in [-0.1, -0.05) is 48.0 Å². The zero-order valence-corrected chi connectivity index (χ0v) is 14.5. The molecule has 0 N–H and O–H groups in total. The van der Waals surface area contributed by atoms with Crippen molar-refractivity contribution in [2.45, 2.75) is 12.8 Å². The van der Waals surface area contributed by atoms with E-state index in [2.05, 4.69) is 5.10 Å². The van der Waals surface area contributed by atoms with Crippen molar-refractivity contribution >= 4 is 17.5 Å². The van der Waals surface area contributed by atoms with Gasteiger partial charge in [-0.25, -0.2) is 4.68 Å². The Balaban J connectivity index is 1.83. The minimum Gasteiger partial charge on any atom is -0.337 e. The van der Waals surface area contributed by atoms with Crippen molar-refractivity contribution in [2.75, 3.05) is 13.1 Å². The first-order valence-electron chi connectivity index (χ1n) is 8.44. The molecular formula is C20H18ClN3O. The molecule has 1 aromatic heterocycles. The van der Waals surface area contributed by atoms with E-state index < -0.39 is 0 Å². The largest absolute Gasteiger partial charge is 0.337 e. The molecule has 1 fully saturated rings. The van der Waals surface area contributed by atoms with Crippen LogP contribution in [0.1, 0.15) is 23.3 Å². The maximum Gasteiger partial charge on any atom is 0.272 e. The number of rotatable bonds is 3. The standard InChI is InChI=1S/C20H18ClN3O/c21-17-11-5-4-10-16(17)18-14-19(20(25)23-12-6-7-13-23)24(22-18)15-8-2-1-3-9-15/h1-5,8-11,14H,6-7,12-13H2. The number of benzene rings is 2. The van der Waals surface area contributed by atoms with Gasteiger partial charge in [-0.3, -0.25) is 4.79 Å². The molecule has 4 nitrogen and oxygen atoms in total. The van der Waals surface area contributed by atoms with Crippen molar-refractivity contribution in [3.63, 3.8) is 0 Å². The van der Waals surface area contributed by atoms with E-state index in [9.17, 15) is 4.79 Å². The maximum atomic E-state index is 13.0. The van der Waals surface area contributed by atoms with E-state index in [1.807, 2.05) is 65.6 Å². The first kappa shape index (κ1) is 15.9. The minimum absolute atomic E-state index is 0.0205. The monoisotopic (exact) mass is 351 g/mol. The van der Waals surface area contributed by atoms with Crippen molar-refractivity contribution in [2.24, 2.45) is 0 Å². The van der Waals surface area contributed by atoms with Gasteiger partial charge in [0.15, 0.2) is 0 Å². The molecule has 0 saturated carbocycles. The predicted octanol–water partition coefficient (Wildman–Crippen LogP) is 4.43. The van der Waals surface area contributed by atoms with Gasteiger partial charge in [0.1, 0.15) is 5.69 Å². The molecule has 5 heteroatoms. The van der Waals surface area contributed by atoms with Crippen LogP contribution in [0.2, 0.25) is 5.02 Å². The van der Waals surface area contributed by atoms with Gasteiger partial charge in [0.2, 0.25) is 0 Å². The average Bonchev–Trinajstić information content (AvgIpc) is 3.32. The molecule has 0 spiro atoms. The minimum atomic E-state index is 0.0205. The highest BCUT2D eigenvalue weighted by Crippen LogP contribution is 2.29. The van der Waals surface area contributed by atoms with Gasteiger partial charge in [-0.2, -0.15) is 5.10 Å². The van der Waals surface area contributed by atoms with E-state index in [4.69, 9.17) is 11.6 Å². The number of carbonyl (C=O) groups excluding carboxylic acids is 1. The zero-order chi connectivity index (χ0) is 17.2. The lowest BCUT2D eigenvalue weighted by Gasteiger charge is -2.15. The second kappa shape index (κ2) is 6.73. The predicted molar refractivity (Wildman–Crippen MR) is 99.1 cm³/mol. The number of para-hydroxylation sites is 1. The van der Waals surface area contributed by atoms with Gasteiger partial charge in [0, 0.05) is 18.7 Å². The molecule has 1 aliphatic heterocycles. The molecule has 1 amide bonds. The molecule has 0 unspecified atom stereocenters. The summed E-state index contributed by atoms with van der Waals surface area (Å²) >= 11 is 6.33. The summed E-state index contributed by atoms with van der Waals surface area (Å²) in [6, 6.07) is 19.1. The molecule has 0 radical (unpaired) electrons. The molecule has 4 rings (SSSR count). The lowest BCUT2D eigenvalue weighted by Crippen LogP contribution is -2.29. The van der Waals surface area contributed by atoms with Crippen LogP contribution in [-0.2, 0) is 0 Å². The maximum absolute atomic E-state index is 13.0. The van der Waals surface area contributed by atoms with E-state index in [-0.39, 0.29) is 5.91 Å². The zero-order valence-electron chi connectivity index (χ0n) is 13.7. The molecule has 2 aromatic carbocycles. The summed E-state index contributed by atoms with van der Waals surface area (Å²) in [5.41, 5.74) is 2.97. The second-order valence-corrected chi connectivity index (χ2v) is 6.55.